The topological polar surface area (TPSA) is 118 Å². The van der Waals surface area contributed by atoms with Gasteiger partial charge in [-0.1, -0.05) is 262 Å². The van der Waals surface area contributed by atoms with Crippen molar-refractivity contribution in [1.29, 1.82) is 0 Å². The molecule has 17 aliphatic rings. The Kier molecular flexibility index (Phi) is 32.9. The fraction of sp³-hybridized carbons (Fsp3) is 0.903. The predicted octanol–water partition coefficient (Wildman–Crippen LogP) is 29.0. The van der Waals surface area contributed by atoms with Crippen LogP contribution in [0, 0.1) is 185 Å². The van der Waals surface area contributed by atoms with E-state index >= 15 is 19.2 Å². The van der Waals surface area contributed by atoms with Crippen LogP contribution in [0.25, 0.3) is 0 Å². The van der Waals surface area contributed by atoms with Gasteiger partial charge in [-0.25, -0.2) is 0 Å². The standard InChI is InChI=1S/C124H204N4O8/c1-81(2)25-21-29-85(9)101-41-45-105-97-37-33-89-73-93(49-57-117(89,13)109(97)53-61-121(101,105)17)133-113(129)77-125-65-67-126(78-114(130)134-94-50-58-118(14)90(74-94)34-38-98-106-46-42-102(86(10)30-22-26-82(3)4)122(106,18)62-54-110(98)118)69-71-128(80-116(132)136-96-52-60-120(16)92(76-96)36-40-100-108-48-44-104(88(12)32-24-28-84(7)8)124(108,20)64-56-112(100)120)72-70-127(68-66-125)79-115(131)135-95-51-59-119(15)91(75-95)35-39-99-107-47-43-103(87(11)31-23-27-83(5)6)123(107,19)63-55-111(99)119/h33-36,81-88,93-112H,21-32,37-80H2,1-20H3/t85-,86-,87-,88-,93+,94+,95+,96+,97+,98+,99+,100+,101-,102-,103-,104-,105+,106+,107+,108+,109+,110+,111+,112+,117+,118+,119+,120+,121-,122-,123-,124-/m1/s1. The summed E-state index contributed by atoms with van der Waals surface area (Å²) in [5.41, 5.74) is 8.50. The van der Waals surface area contributed by atoms with Crippen molar-refractivity contribution in [3.63, 3.8) is 0 Å². The van der Waals surface area contributed by atoms with Crippen molar-refractivity contribution in [3.05, 3.63) is 46.6 Å². The average molecular weight is 1880 g/mol. The van der Waals surface area contributed by atoms with Gasteiger partial charge in [-0.3, -0.25) is 38.8 Å². The highest BCUT2D eigenvalue weighted by Gasteiger charge is 2.65. The van der Waals surface area contributed by atoms with Gasteiger partial charge in [-0.2, -0.15) is 0 Å². The van der Waals surface area contributed by atoms with Gasteiger partial charge in [0, 0.05) is 78.0 Å². The lowest BCUT2D eigenvalue weighted by atomic mass is 9.47. The molecule has 32 atom stereocenters. The summed E-state index contributed by atoms with van der Waals surface area (Å²) < 4.78 is 27.3. The number of esters is 4. The maximum absolute atomic E-state index is 15.1. The molecular formula is C124H204N4O8. The molecule has 0 N–H and O–H groups in total. The van der Waals surface area contributed by atoms with Crippen LogP contribution < -0.4 is 0 Å². The molecule has 1 saturated heterocycles. The summed E-state index contributed by atoms with van der Waals surface area (Å²) in [4.78, 5) is 69.7. The summed E-state index contributed by atoms with van der Waals surface area (Å²) >= 11 is 0. The van der Waals surface area contributed by atoms with E-state index in [2.05, 4.69) is 182 Å². The van der Waals surface area contributed by atoms with Gasteiger partial charge in [0.25, 0.3) is 0 Å². The third kappa shape index (κ3) is 21.4. The minimum atomic E-state index is -0.179. The van der Waals surface area contributed by atoms with Gasteiger partial charge in [0.2, 0.25) is 0 Å². The summed E-state index contributed by atoms with van der Waals surface area (Å²) in [6, 6.07) is 0. The van der Waals surface area contributed by atoms with E-state index in [1.807, 2.05) is 0 Å². The van der Waals surface area contributed by atoms with Crippen LogP contribution in [-0.2, 0) is 38.1 Å². The van der Waals surface area contributed by atoms with Crippen LogP contribution in [0.15, 0.2) is 46.6 Å². The molecule has 0 radical (unpaired) electrons. The third-order valence-electron chi connectivity index (χ3n) is 46.6. The first-order chi connectivity index (χ1) is 64.8. The second kappa shape index (κ2) is 43.0. The highest BCUT2D eigenvalue weighted by molar-refractivity contribution is 5.73. The van der Waals surface area contributed by atoms with E-state index in [0.29, 0.717) is 97.7 Å². The quantitative estimate of drug-likeness (QED) is 0.0362. The van der Waals surface area contributed by atoms with E-state index in [-0.39, 0.29) is 96.1 Å². The number of allylic oxidation sites excluding steroid dienone is 4. The van der Waals surface area contributed by atoms with Gasteiger partial charge in [0.05, 0.1) is 26.2 Å². The molecule has 0 bridgehead atoms. The predicted molar refractivity (Wildman–Crippen MR) is 557 cm³/mol. The first-order valence-corrected chi connectivity index (χ1v) is 59.3. The van der Waals surface area contributed by atoms with Crippen molar-refractivity contribution in [2.24, 2.45) is 185 Å². The number of rotatable bonds is 32. The number of carbonyl (C=O) groups excluding carboxylic acids is 4. The van der Waals surface area contributed by atoms with E-state index in [9.17, 15) is 0 Å². The molecule has 0 aromatic heterocycles. The zero-order valence-electron chi connectivity index (χ0n) is 91.1. The molecule has 12 nitrogen and oxygen atoms in total. The zero-order valence-corrected chi connectivity index (χ0v) is 91.1. The van der Waals surface area contributed by atoms with Crippen molar-refractivity contribution in [2.45, 2.75) is 445 Å². The molecule has 1 heterocycles. The number of fused-ring (bicyclic) bond motifs is 20. The second-order valence-electron chi connectivity index (χ2n) is 55.7. The number of hydrogen-bond acceptors (Lipinski definition) is 12. The van der Waals surface area contributed by atoms with Crippen molar-refractivity contribution in [1.82, 2.24) is 19.6 Å². The van der Waals surface area contributed by atoms with E-state index in [1.165, 1.54) is 205 Å². The van der Waals surface area contributed by atoms with Crippen molar-refractivity contribution in [2.75, 3.05) is 78.5 Å². The van der Waals surface area contributed by atoms with E-state index < -0.39 is 0 Å². The van der Waals surface area contributed by atoms with Gasteiger partial charge >= 0.3 is 23.9 Å². The lowest BCUT2D eigenvalue weighted by molar-refractivity contribution is -0.156. The highest BCUT2D eigenvalue weighted by Crippen LogP contribution is 2.73. The lowest BCUT2D eigenvalue weighted by Crippen LogP contribution is -2.52. The van der Waals surface area contributed by atoms with Crippen LogP contribution in [0.4, 0.5) is 0 Å². The number of carbonyl (C=O) groups is 4. The van der Waals surface area contributed by atoms with Crippen LogP contribution in [0.3, 0.4) is 0 Å². The van der Waals surface area contributed by atoms with Gasteiger partial charge < -0.3 is 18.9 Å². The Morgan fingerprint density at radius 3 is 0.654 bits per heavy atom. The molecule has 0 unspecified atom stereocenters. The fourth-order valence-corrected chi connectivity index (χ4v) is 38.8. The van der Waals surface area contributed by atoms with Gasteiger partial charge in [0.15, 0.2) is 0 Å². The molecule has 0 aromatic carbocycles. The van der Waals surface area contributed by atoms with Crippen molar-refractivity contribution < 1.29 is 38.1 Å². The van der Waals surface area contributed by atoms with Crippen molar-refractivity contribution >= 4 is 23.9 Å². The summed E-state index contributed by atoms with van der Waals surface area (Å²) in [6.45, 7) is 55.5. The molecule has 12 heteroatoms. The van der Waals surface area contributed by atoms with Crippen LogP contribution in [0.2, 0.25) is 0 Å². The van der Waals surface area contributed by atoms with Crippen molar-refractivity contribution in [3.8, 4) is 0 Å². The molecule has 136 heavy (non-hydrogen) atoms. The number of ether oxygens (including phenoxy) is 4. The Morgan fingerprint density at radius 1 is 0.265 bits per heavy atom. The summed E-state index contributed by atoms with van der Waals surface area (Å²) in [6.07, 6.45) is 63.9. The molecule has 17 rings (SSSR count). The zero-order chi connectivity index (χ0) is 96.3. The number of nitrogens with zero attached hydrogens (tertiary/aromatic N) is 4. The molecule has 768 valence electrons. The summed E-state index contributed by atoms with van der Waals surface area (Å²) in [5, 5.41) is 0. The molecule has 0 aromatic rings. The normalized spacial score (nSPS) is 42.4. The largest absolute Gasteiger partial charge is 0.461 e. The van der Waals surface area contributed by atoms with E-state index in [1.54, 1.807) is 22.3 Å². The van der Waals surface area contributed by atoms with Crippen LogP contribution >= 0.6 is 0 Å². The van der Waals surface area contributed by atoms with Crippen LogP contribution in [0.5, 0.6) is 0 Å². The van der Waals surface area contributed by atoms with Gasteiger partial charge in [-0.15, -0.1) is 0 Å². The second-order valence-corrected chi connectivity index (χ2v) is 55.7. The minimum Gasteiger partial charge on any atom is -0.461 e. The molecule has 0 amide bonds. The molecule has 16 aliphatic carbocycles. The SMILES string of the molecule is CC(C)CCC[C@@H](C)[C@H]1CC[C@H]2[C@@H]3CC=C4C[C@@H](OC(=O)CN5CCN(CC(=O)O[C@H]6CC[C@@]7(C)C(=CC[C@H]8[C@@H]9CC[C@H]([C@H](C)CCCC(C)C)[C@@]9(C)CC[C@@H]87)C6)CCN(CC(=O)O[C@H]6CC[C@@]7(C)C(=CC[C@H]8[C@@H]9CC[C@H]([C@H](C)CCCC(C)C)[C@@]9(C)CC[C@@H]87)C6)CCN(CC(=O)O[C@H]6CC[C@@]7(C)C(=CC[C@H]8[C@@H]9CC[C@H]([C@H](C)CCCC(C)C)[C@@]9(C)CC[C@@H]87)C6)CC5)CC[C@]4(C)[C@H]3CC[C@]12C. The van der Waals surface area contributed by atoms with Gasteiger partial charge in [-0.05, 0) is 365 Å². The molecule has 12 saturated carbocycles. The summed E-state index contributed by atoms with van der Waals surface area (Å²) in [7, 11) is 0. The van der Waals surface area contributed by atoms with E-state index in [4.69, 9.17) is 18.9 Å². The highest BCUT2D eigenvalue weighted by atomic mass is 16.6. The smallest absolute Gasteiger partial charge is 0.320 e. The van der Waals surface area contributed by atoms with Crippen LogP contribution in [0.1, 0.15) is 421 Å². The van der Waals surface area contributed by atoms with E-state index in [0.717, 1.165) is 195 Å². The Morgan fingerprint density at radius 2 is 0.463 bits per heavy atom. The Balaban J connectivity index is 0.587. The fourth-order valence-electron chi connectivity index (χ4n) is 38.8. The first-order valence-electron chi connectivity index (χ1n) is 59.3. The van der Waals surface area contributed by atoms with Gasteiger partial charge in [0.1, 0.15) is 24.4 Å². The minimum absolute atomic E-state index is 0.131. The molecule has 0 spiro atoms. The molecule has 1 aliphatic heterocycles. The molecular weight excluding hydrogens is 1670 g/mol. The van der Waals surface area contributed by atoms with Crippen LogP contribution in [-0.4, -0.2) is 146 Å². The molecule has 13 fully saturated rings. The summed E-state index contributed by atoms with van der Waals surface area (Å²) in [5.74, 6) is 17.8. The monoisotopic (exact) mass is 1880 g/mol. The Bertz CT molecular complexity index is 3660. The lowest BCUT2D eigenvalue weighted by Gasteiger charge is -2.58. The maximum atomic E-state index is 15.1. The third-order valence-corrected chi connectivity index (χ3v) is 46.6. The number of hydrogen-bond donors (Lipinski definition) is 0. The maximum Gasteiger partial charge on any atom is 0.320 e. The Hall–Kier alpha value is -3.32. The average Bonchev–Trinajstić information content (AvgIpc) is 1.38. The first kappa shape index (κ1) is 104. The Labute approximate surface area is 832 Å².